The summed E-state index contributed by atoms with van der Waals surface area (Å²) in [5, 5.41) is 9.63. The number of carbonyl (C=O) groups excluding carboxylic acids is 1. The Morgan fingerprint density at radius 3 is 2.23 bits per heavy atom. The quantitative estimate of drug-likeness (QED) is 0.262. The fourth-order valence-electron chi connectivity index (χ4n) is 6.39. The van der Waals surface area contributed by atoms with Gasteiger partial charge in [0.2, 0.25) is 0 Å². The third-order valence-electron chi connectivity index (χ3n) is 8.34. The third-order valence-corrected chi connectivity index (χ3v) is 8.34. The molecule has 4 heteroatoms. The SMILES string of the molecule is CCCCCCCC1CC(COC(=O)C2CCCC(C)C2C(=O)O)C(C)CC1CCC. The van der Waals surface area contributed by atoms with E-state index in [0.29, 0.717) is 24.9 Å². The number of hydrogen-bond acceptors (Lipinski definition) is 3. The summed E-state index contributed by atoms with van der Waals surface area (Å²) in [5.41, 5.74) is 0. The van der Waals surface area contributed by atoms with Crippen molar-refractivity contribution in [3.8, 4) is 0 Å². The molecule has 0 saturated heterocycles. The molecule has 0 aromatic rings. The maximum absolute atomic E-state index is 12.8. The van der Waals surface area contributed by atoms with E-state index in [0.717, 1.165) is 31.1 Å². The van der Waals surface area contributed by atoms with Crippen LogP contribution in [-0.2, 0) is 14.3 Å². The average Bonchev–Trinajstić information content (AvgIpc) is 2.73. The molecule has 7 unspecified atom stereocenters. The molecule has 0 aliphatic heterocycles. The fraction of sp³-hybridized carbons (Fsp3) is 0.926. The van der Waals surface area contributed by atoms with E-state index in [2.05, 4.69) is 20.8 Å². The molecule has 0 heterocycles. The van der Waals surface area contributed by atoms with Crippen molar-refractivity contribution in [2.24, 2.45) is 41.4 Å². The number of rotatable bonds is 12. The molecule has 2 aliphatic carbocycles. The van der Waals surface area contributed by atoms with E-state index in [9.17, 15) is 14.7 Å². The summed E-state index contributed by atoms with van der Waals surface area (Å²) in [6, 6.07) is 0. The minimum Gasteiger partial charge on any atom is -0.481 e. The second kappa shape index (κ2) is 13.5. The lowest BCUT2D eigenvalue weighted by Gasteiger charge is -2.41. The molecular formula is C27H48O4. The normalized spacial score (nSPS) is 33.7. The summed E-state index contributed by atoms with van der Waals surface area (Å²) in [4.78, 5) is 24.6. The lowest BCUT2D eigenvalue weighted by Crippen LogP contribution is -2.40. The highest BCUT2D eigenvalue weighted by Gasteiger charge is 2.42. The zero-order valence-electron chi connectivity index (χ0n) is 20.6. The van der Waals surface area contributed by atoms with E-state index in [4.69, 9.17) is 4.74 Å². The number of unbranched alkanes of at least 4 members (excludes halogenated alkanes) is 4. The number of carboxylic acid groups (broad SMARTS) is 1. The van der Waals surface area contributed by atoms with E-state index < -0.39 is 17.8 Å². The zero-order valence-corrected chi connectivity index (χ0v) is 20.6. The van der Waals surface area contributed by atoms with Crippen molar-refractivity contribution in [3.63, 3.8) is 0 Å². The van der Waals surface area contributed by atoms with Gasteiger partial charge in [0.25, 0.3) is 0 Å². The summed E-state index contributed by atoms with van der Waals surface area (Å²) in [6.07, 6.45) is 15.4. The Bertz CT molecular complexity index is 545. The summed E-state index contributed by atoms with van der Waals surface area (Å²) in [7, 11) is 0. The van der Waals surface area contributed by atoms with Crippen LogP contribution in [-0.4, -0.2) is 23.7 Å². The summed E-state index contributed by atoms with van der Waals surface area (Å²) in [5.74, 6) is 0.435. The number of ether oxygens (including phenoxy) is 1. The molecule has 2 aliphatic rings. The van der Waals surface area contributed by atoms with Crippen molar-refractivity contribution in [1.29, 1.82) is 0 Å². The van der Waals surface area contributed by atoms with Gasteiger partial charge in [0.1, 0.15) is 0 Å². The predicted octanol–water partition coefficient (Wildman–Crippen LogP) is 7.11. The van der Waals surface area contributed by atoms with Crippen LogP contribution in [0.5, 0.6) is 0 Å². The van der Waals surface area contributed by atoms with Crippen LogP contribution in [0.2, 0.25) is 0 Å². The van der Waals surface area contributed by atoms with Gasteiger partial charge in [-0.1, -0.05) is 85.5 Å². The standard InChI is InChI=1S/C27H48O4/c1-5-7-8-9-10-14-22-17-23(20(4)16-21(22)12-6-2)18-31-27(30)24-15-11-13-19(3)25(24)26(28)29/h19-25H,5-18H2,1-4H3,(H,28,29). The van der Waals surface area contributed by atoms with Crippen LogP contribution in [0.3, 0.4) is 0 Å². The first-order chi connectivity index (χ1) is 14.9. The number of carbonyl (C=O) groups is 2. The topological polar surface area (TPSA) is 63.6 Å². The van der Waals surface area contributed by atoms with E-state index in [1.54, 1.807) is 0 Å². The first-order valence-corrected chi connectivity index (χ1v) is 13.3. The van der Waals surface area contributed by atoms with Gasteiger partial charge in [-0.15, -0.1) is 0 Å². The Morgan fingerprint density at radius 1 is 0.839 bits per heavy atom. The lowest BCUT2D eigenvalue weighted by molar-refractivity contribution is -0.163. The molecule has 31 heavy (non-hydrogen) atoms. The van der Waals surface area contributed by atoms with Crippen LogP contribution in [0.25, 0.3) is 0 Å². The van der Waals surface area contributed by atoms with Crippen LogP contribution in [0.1, 0.15) is 111 Å². The molecule has 180 valence electrons. The minimum atomic E-state index is -0.842. The maximum Gasteiger partial charge on any atom is 0.309 e. The fourth-order valence-corrected chi connectivity index (χ4v) is 6.39. The molecular weight excluding hydrogens is 388 g/mol. The molecule has 0 bridgehead atoms. The third kappa shape index (κ3) is 7.79. The Hall–Kier alpha value is -1.06. The predicted molar refractivity (Wildman–Crippen MR) is 126 cm³/mol. The molecule has 2 saturated carbocycles. The van der Waals surface area contributed by atoms with E-state index in [1.165, 1.54) is 57.8 Å². The van der Waals surface area contributed by atoms with Gasteiger partial charge in [0, 0.05) is 0 Å². The van der Waals surface area contributed by atoms with Crippen LogP contribution in [0.15, 0.2) is 0 Å². The minimum absolute atomic E-state index is 0.0456. The highest BCUT2D eigenvalue weighted by atomic mass is 16.5. The van der Waals surface area contributed by atoms with Gasteiger partial charge in [-0.3, -0.25) is 9.59 Å². The Balaban J connectivity index is 1.90. The Labute approximate surface area is 190 Å². The maximum atomic E-state index is 12.8. The van der Waals surface area contributed by atoms with Gasteiger partial charge in [-0.2, -0.15) is 0 Å². The van der Waals surface area contributed by atoms with Gasteiger partial charge in [-0.05, 0) is 55.3 Å². The van der Waals surface area contributed by atoms with E-state index >= 15 is 0 Å². The number of esters is 1. The van der Waals surface area contributed by atoms with E-state index in [1.807, 2.05) is 6.92 Å². The molecule has 1 N–H and O–H groups in total. The molecule has 0 aromatic carbocycles. The zero-order chi connectivity index (χ0) is 22.8. The first-order valence-electron chi connectivity index (χ1n) is 13.3. The van der Waals surface area contributed by atoms with Gasteiger partial charge < -0.3 is 9.84 Å². The van der Waals surface area contributed by atoms with Crippen LogP contribution in [0.4, 0.5) is 0 Å². The lowest BCUT2D eigenvalue weighted by atomic mass is 9.66. The van der Waals surface area contributed by atoms with Crippen molar-refractivity contribution in [3.05, 3.63) is 0 Å². The van der Waals surface area contributed by atoms with Gasteiger partial charge in [-0.25, -0.2) is 0 Å². The Morgan fingerprint density at radius 2 is 1.55 bits per heavy atom. The molecule has 0 aromatic heterocycles. The second-order valence-corrected chi connectivity index (χ2v) is 10.7. The van der Waals surface area contributed by atoms with E-state index in [-0.39, 0.29) is 11.9 Å². The molecule has 4 nitrogen and oxygen atoms in total. The van der Waals surface area contributed by atoms with Crippen molar-refractivity contribution < 1.29 is 19.4 Å². The van der Waals surface area contributed by atoms with Gasteiger partial charge in [0.05, 0.1) is 18.4 Å². The first kappa shape index (κ1) is 26.2. The monoisotopic (exact) mass is 436 g/mol. The summed E-state index contributed by atoms with van der Waals surface area (Å²) >= 11 is 0. The highest BCUT2D eigenvalue weighted by molar-refractivity contribution is 5.81. The summed E-state index contributed by atoms with van der Waals surface area (Å²) < 4.78 is 5.82. The van der Waals surface area contributed by atoms with Crippen LogP contribution in [0, 0.1) is 41.4 Å². The van der Waals surface area contributed by atoms with Gasteiger partial charge >= 0.3 is 11.9 Å². The Kier molecular flexibility index (Phi) is 11.4. The smallest absolute Gasteiger partial charge is 0.309 e. The number of aliphatic carboxylic acids is 1. The molecule has 0 spiro atoms. The average molecular weight is 437 g/mol. The summed E-state index contributed by atoms with van der Waals surface area (Å²) in [6.45, 7) is 9.31. The van der Waals surface area contributed by atoms with Crippen molar-refractivity contribution >= 4 is 11.9 Å². The second-order valence-electron chi connectivity index (χ2n) is 10.7. The van der Waals surface area contributed by atoms with Crippen molar-refractivity contribution in [1.82, 2.24) is 0 Å². The molecule has 0 radical (unpaired) electrons. The van der Waals surface area contributed by atoms with Crippen molar-refractivity contribution in [2.75, 3.05) is 6.61 Å². The largest absolute Gasteiger partial charge is 0.481 e. The van der Waals surface area contributed by atoms with Crippen LogP contribution >= 0.6 is 0 Å². The highest BCUT2D eigenvalue weighted by Crippen LogP contribution is 2.43. The number of carboxylic acids is 1. The molecule has 2 rings (SSSR count). The molecule has 2 fully saturated rings. The van der Waals surface area contributed by atoms with Crippen LogP contribution < -0.4 is 0 Å². The van der Waals surface area contributed by atoms with Crippen molar-refractivity contribution in [2.45, 2.75) is 111 Å². The molecule has 0 amide bonds. The molecule has 7 atom stereocenters. The number of hydrogen-bond donors (Lipinski definition) is 1. The van der Waals surface area contributed by atoms with Gasteiger partial charge in [0.15, 0.2) is 0 Å².